The van der Waals surface area contributed by atoms with Crippen molar-refractivity contribution in [2.75, 3.05) is 19.6 Å². The Balaban J connectivity index is 1.30. The molecule has 1 aliphatic heterocycles. The van der Waals surface area contributed by atoms with Crippen molar-refractivity contribution in [3.8, 4) is 11.1 Å². The number of nitrogens with zero attached hydrogens (tertiary/aromatic N) is 4. The van der Waals surface area contributed by atoms with Crippen molar-refractivity contribution in [3.63, 3.8) is 0 Å². The standard InChI is InChI=1S/C25H28N4O3/c1-3-28-15-16-29(18(2)25(28)31)24(30)14-13-22-26-27-23(32-22)17-19-9-11-21(12-10-19)20-7-5-4-6-8-20/h4-12,18H,3,13-17H2,1-2H3/t18-/m0/s1. The molecule has 1 aromatic heterocycles. The summed E-state index contributed by atoms with van der Waals surface area (Å²) < 4.78 is 5.75. The maximum absolute atomic E-state index is 12.6. The predicted molar refractivity (Wildman–Crippen MR) is 121 cm³/mol. The number of hydrogen-bond donors (Lipinski definition) is 0. The fourth-order valence-corrected chi connectivity index (χ4v) is 4.02. The van der Waals surface area contributed by atoms with Crippen LogP contribution >= 0.6 is 0 Å². The highest BCUT2D eigenvalue weighted by Crippen LogP contribution is 2.20. The van der Waals surface area contributed by atoms with Gasteiger partial charge in [-0.1, -0.05) is 54.6 Å². The molecule has 1 saturated heterocycles. The third-order valence-corrected chi connectivity index (χ3v) is 5.93. The first-order chi connectivity index (χ1) is 15.5. The van der Waals surface area contributed by atoms with Gasteiger partial charge in [-0.2, -0.15) is 0 Å². The Hall–Kier alpha value is -3.48. The summed E-state index contributed by atoms with van der Waals surface area (Å²) in [6, 6.07) is 18.1. The van der Waals surface area contributed by atoms with E-state index in [0.29, 0.717) is 44.3 Å². The first-order valence-corrected chi connectivity index (χ1v) is 11.1. The maximum atomic E-state index is 12.6. The van der Waals surface area contributed by atoms with Gasteiger partial charge in [-0.05, 0) is 30.5 Å². The fourth-order valence-electron chi connectivity index (χ4n) is 4.02. The van der Waals surface area contributed by atoms with Gasteiger partial charge in [-0.25, -0.2) is 0 Å². The molecular formula is C25H28N4O3. The van der Waals surface area contributed by atoms with E-state index in [1.54, 1.807) is 16.7 Å². The van der Waals surface area contributed by atoms with Gasteiger partial charge in [0.25, 0.3) is 0 Å². The Kier molecular flexibility index (Phi) is 6.63. The Bertz CT molecular complexity index is 1060. The molecule has 0 spiro atoms. The van der Waals surface area contributed by atoms with Gasteiger partial charge in [0.15, 0.2) is 0 Å². The van der Waals surface area contributed by atoms with Crippen molar-refractivity contribution in [1.82, 2.24) is 20.0 Å². The highest BCUT2D eigenvalue weighted by Gasteiger charge is 2.33. The van der Waals surface area contributed by atoms with Crippen molar-refractivity contribution < 1.29 is 14.0 Å². The fraction of sp³-hybridized carbons (Fsp3) is 0.360. The molecule has 32 heavy (non-hydrogen) atoms. The highest BCUT2D eigenvalue weighted by molar-refractivity contribution is 5.88. The van der Waals surface area contributed by atoms with Gasteiger partial charge in [-0.15, -0.1) is 10.2 Å². The number of hydrogen-bond acceptors (Lipinski definition) is 5. The predicted octanol–water partition coefficient (Wildman–Crippen LogP) is 3.34. The lowest BCUT2D eigenvalue weighted by atomic mass is 10.0. The molecule has 2 aromatic carbocycles. The Morgan fingerprint density at radius 3 is 2.41 bits per heavy atom. The van der Waals surface area contributed by atoms with Gasteiger partial charge in [-0.3, -0.25) is 9.59 Å². The second-order valence-corrected chi connectivity index (χ2v) is 8.01. The number of piperazine rings is 1. The van der Waals surface area contributed by atoms with Crippen LogP contribution in [0.1, 0.15) is 37.6 Å². The maximum Gasteiger partial charge on any atom is 0.245 e. The summed E-state index contributed by atoms with van der Waals surface area (Å²) in [5.74, 6) is 0.920. The van der Waals surface area contributed by atoms with Crippen LogP contribution in [0.25, 0.3) is 11.1 Å². The summed E-state index contributed by atoms with van der Waals surface area (Å²) in [5, 5.41) is 8.22. The normalized spacial score (nSPS) is 16.4. The minimum atomic E-state index is -0.423. The topological polar surface area (TPSA) is 79.5 Å². The third kappa shape index (κ3) is 4.88. The number of aryl methyl sites for hydroxylation is 1. The molecule has 1 fully saturated rings. The molecule has 166 valence electrons. The first-order valence-electron chi connectivity index (χ1n) is 11.1. The summed E-state index contributed by atoms with van der Waals surface area (Å²) in [6.07, 6.45) is 1.16. The number of amides is 2. The Morgan fingerprint density at radius 1 is 1.00 bits per heavy atom. The summed E-state index contributed by atoms with van der Waals surface area (Å²) in [5.41, 5.74) is 3.42. The highest BCUT2D eigenvalue weighted by atomic mass is 16.4. The smallest absolute Gasteiger partial charge is 0.245 e. The van der Waals surface area contributed by atoms with Gasteiger partial charge in [0.05, 0.1) is 6.42 Å². The largest absolute Gasteiger partial charge is 0.425 e. The molecule has 1 aliphatic rings. The average molecular weight is 433 g/mol. The summed E-state index contributed by atoms with van der Waals surface area (Å²) in [7, 11) is 0. The lowest BCUT2D eigenvalue weighted by Gasteiger charge is -2.38. The molecule has 7 heteroatoms. The molecule has 2 amide bonds. The third-order valence-electron chi connectivity index (χ3n) is 5.93. The van der Waals surface area contributed by atoms with Gasteiger partial charge in [0.2, 0.25) is 23.6 Å². The minimum absolute atomic E-state index is 0.00506. The van der Waals surface area contributed by atoms with Gasteiger partial charge >= 0.3 is 0 Å². The molecule has 0 unspecified atom stereocenters. The van der Waals surface area contributed by atoms with E-state index < -0.39 is 6.04 Å². The van der Waals surface area contributed by atoms with Crippen LogP contribution in [0.15, 0.2) is 59.0 Å². The van der Waals surface area contributed by atoms with E-state index in [4.69, 9.17) is 4.42 Å². The van der Waals surface area contributed by atoms with Gasteiger partial charge in [0, 0.05) is 32.5 Å². The van der Waals surface area contributed by atoms with E-state index in [2.05, 4.69) is 46.6 Å². The van der Waals surface area contributed by atoms with Crippen LogP contribution in [-0.4, -0.2) is 57.5 Å². The van der Waals surface area contributed by atoms with Crippen LogP contribution in [-0.2, 0) is 22.4 Å². The van der Waals surface area contributed by atoms with E-state index in [0.717, 1.165) is 11.1 Å². The SMILES string of the molecule is CCN1CCN(C(=O)CCc2nnc(Cc3ccc(-c4ccccc4)cc3)o2)[C@@H](C)C1=O. The lowest BCUT2D eigenvalue weighted by Crippen LogP contribution is -2.57. The van der Waals surface area contributed by atoms with Gasteiger partial charge < -0.3 is 14.2 Å². The number of benzene rings is 2. The van der Waals surface area contributed by atoms with Crippen molar-refractivity contribution in [3.05, 3.63) is 71.9 Å². The Labute approximate surface area is 188 Å². The van der Waals surface area contributed by atoms with E-state index in [-0.39, 0.29) is 18.2 Å². The Morgan fingerprint density at radius 2 is 1.69 bits per heavy atom. The van der Waals surface area contributed by atoms with E-state index in [9.17, 15) is 9.59 Å². The zero-order chi connectivity index (χ0) is 22.5. The molecule has 0 aliphatic carbocycles. The van der Waals surface area contributed by atoms with E-state index in [1.807, 2.05) is 25.1 Å². The molecule has 0 radical (unpaired) electrons. The van der Waals surface area contributed by atoms with Crippen LogP contribution in [0.3, 0.4) is 0 Å². The quantitative estimate of drug-likeness (QED) is 0.572. The number of aromatic nitrogens is 2. The summed E-state index contributed by atoms with van der Waals surface area (Å²) in [6.45, 7) is 5.56. The number of carbonyl (C=O) groups excluding carboxylic acids is 2. The average Bonchev–Trinajstić information content (AvgIpc) is 3.27. The van der Waals surface area contributed by atoms with Crippen LogP contribution in [0.4, 0.5) is 0 Å². The van der Waals surface area contributed by atoms with Gasteiger partial charge in [0.1, 0.15) is 6.04 Å². The zero-order valence-corrected chi connectivity index (χ0v) is 18.5. The molecule has 0 bridgehead atoms. The van der Waals surface area contributed by atoms with Crippen LogP contribution in [0, 0.1) is 0 Å². The molecule has 3 aromatic rings. The van der Waals surface area contributed by atoms with Crippen molar-refractivity contribution in [2.45, 2.75) is 39.2 Å². The molecule has 0 saturated carbocycles. The number of rotatable bonds is 7. The van der Waals surface area contributed by atoms with Crippen molar-refractivity contribution in [2.24, 2.45) is 0 Å². The minimum Gasteiger partial charge on any atom is -0.425 e. The summed E-state index contributed by atoms with van der Waals surface area (Å²) in [4.78, 5) is 28.4. The number of likely N-dealkylation sites (N-methyl/N-ethyl adjacent to an activating group) is 1. The zero-order valence-electron chi connectivity index (χ0n) is 18.5. The van der Waals surface area contributed by atoms with Crippen LogP contribution in [0.5, 0.6) is 0 Å². The number of carbonyl (C=O) groups is 2. The van der Waals surface area contributed by atoms with E-state index >= 15 is 0 Å². The van der Waals surface area contributed by atoms with Crippen molar-refractivity contribution >= 4 is 11.8 Å². The molecule has 4 rings (SSSR count). The molecule has 0 N–H and O–H groups in total. The van der Waals surface area contributed by atoms with Crippen LogP contribution < -0.4 is 0 Å². The molecule has 7 nitrogen and oxygen atoms in total. The first kappa shape index (κ1) is 21.7. The van der Waals surface area contributed by atoms with E-state index in [1.165, 1.54) is 5.56 Å². The van der Waals surface area contributed by atoms with Crippen molar-refractivity contribution in [1.29, 1.82) is 0 Å². The second kappa shape index (κ2) is 9.77. The van der Waals surface area contributed by atoms with Crippen LogP contribution in [0.2, 0.25) is 0 Å². The molecule has 2 heterocycles. The lowest BCUT2D eigenvalue weighted by molar-refractivity contribution is -0.150. The second-order valence-electron chi connectivity index (χ2n) is 8.01. The molecular weight excluding hydrogens is 404 g/mol. The monoisotopic (exact) mass is 432 g/mol. The molecule has 1 atom stereocenters. The summed E-state index contributed by atoms with van der Waals surface area (Å²) >= 11 is 0.